The van der Waals surface area contributed by atoms with Gasteiger partial charge in [0.05, 0.1) is 13.0 Å². The van der Waals surface area contributed by atoms with E-state index in [4.69, 9.17) is 10.5 Å². The van der Waals surface area contributed by atoms with Crippen LogP contribution in [-0.2, 0) is 22.5 Å². The van der Waals surface area contributed by atoms with Gasteiger partial charge in [-0.05, 0) is 18.6 Å². The zero-order chi connectivity index (χ0) is 14.1. The maximum atomic E-state index is 11.6. The lowest BCUT2D eigenvalue weighted by molar-refractivity contribution is -0.146. The van der Waals surface area contributed by atoms with Crippen LogP contribution < -0.4 is 5.73 Å². The number of hydrogen-bond donors (Lipinski definition) is 1. The van der Waals surface area contributed by atoms with Gasteiger partial charge in [-0.2, -0.15) is 5.10 Å². The molecule has 0 saturated heterocycles. The van der Waals surface area contributed by atoms with Crippen LogP contribution in [-0.4, -0.2) is 27.8 Å². The molecule has 6 heteroatoms. The van der Waals surface area contributed by atoms with Crippen molar-refractivity contribution in [3.8, 4) is 11.4 Å². The molecule has 20 heavy (non-hydrogen) atoms. The number of carbonyl (C=O) groups is 1. The molecule has 6 nitrogen and oxygen atoms in total. The van der Waals surface area contributed by atoms with Crippen LogP contribution in [0.4, 0.5) is 5.69 Å². The number of rotatable bonds is 2. The maximum Gasteiger partial charge on any atom is 0.309 e. The first-order valence-electron chi connectivity index (χ1n) is 6.55. The Labute approximate surface area is 116 Å². The van der Waals surface area contributed by atoms with Crippen LogP contribution >= 0.6 is 0 Å². The number of nitrogens with zero attached hydrogens (tertiary/aromatic N) is 3. The highest BCUT2D eigenvalue weighted by Crippen LogP contribution is 2.24. The number of methoxy groups -OCH3 is 1. The van der Waals surface area contributed by atoms with Crippen LogP contribution in [0.5, 0.6) is 0 Å². The topological polar surface area (TPSA) is 83.0 Å². The molecule has 0 bridgehead atoms. The second-order valence-corrected chi connectivity index (χ2v) is 4.91. The Morgan fingerprint density at radius 1 is 1.50 bits per heavy atom. The standard InChI is InChI=1S/C14H16N4O2/c1-20-14(19)10-5-6-18-12(8-10)16-13(17-18)9-3-2-4-11(15)7-9/h2-4,7,10H,5-6,8,15H2,1H3. The van der Waals surface area contributed by atoms with E-state index >= 15 is 0 Å². The Morgan fingerprint density at radius 2 is 2.35 bits per heavy atom. The molecular formula is C14H16N4O2. The van der Waals surface area contributed by atoms with Gasteiger partial charge in [-0.1, -0.05) is 12.1 Å². The second kappa shape index (κ2) is 4.96. The number of ether oxygens (including phenoxy) is 1. The van der Waals surface area contributed by atoms with Crippen LogP contribution in [0.2, 0.25) is 0 Å². The monoisotopic (exact) mass is 272 g/mol. The number of esters is 1. The van der Waals surface area contributed by atoms with Gasteiger partial charge in [-0.15, -0.1) is 0 Å². The third kappa shape index (κ3) is 2.24. The molecule has 1 aliphatic heterocycles. The molecule has 3 rings (SSSR count). The number of benzene rings is 1. The van der Waals surface area contributed by atoms with Crippen LogP contribution in [0, 0.1) is 5.92 Å². The molecule has 1 aliphatic rings. The van der Waals surface area contributed by atoms with Gasteiger partial charge in [0, 0.05) is 24.2 Å². The summed E-state index contributed by atoms with van der Waals surface area (Å²) >= 11 is 0. The van der Waals surface area contributed by atoms with E-state index in [0.717, 1.165) is 17.8 Å². The van der Waals surface area contributed by atoms with Crippen molar-refractivity contribution >= 4 is 11.7 Å². The van der Waals surface area contributed by atoms with Crippen molar-refractivity contribution in [1.29, 1.82) is 0 Å². The highest BCUT2D eigenvalue weighted by molar-refractivity contribution is 5.72. The number of anilines is 1. The molecule has 0 radical (unpaired) electrons. The molecule has 104 valence electrons. The number of carbonyl (C=O) groups excluding carboxylic acids is 1. The number of nitrogens with two attached hydrogens (primary N) is 1. The summed E-state index contributed by atoms with van der Waals surface area (Å²) in [6.45, 7) is 0.685. The van der Waals surface area contributed by atoms with Crippen molar-refractivity contribution in [2.24, 2.45) is 5.92 Å². The van der Waals surface area contributed by atoms with Crippen LogP contribution in [0.15, 0.2) is 24.3 Å². The number of aromatic nitrogens is 3. The summed E-state index contributed by atoms with van der Waals surface area (Å²) in [7, 11) is 1.42. The molecule has 2 aromatic rings. The minimum Gasteiger partial charge on any atom is -0.469 e. The SMILES string of the molecule is COC(=O)C1CCn2nc(-c3cccc(N)c3)nc2C1. The molecule has 0 amide bonds. The number of fused-ring (bicyclic) bond motifs is 1. The van der Waals surface area contributed by atoms with Crippen molar-refractivity contribution in [2.75, 3.05) is 12.8 Å². The first-order valence-corrected chi connectivity index (χ1v) is 6.55. The first-order chi connectivity index (χ1) is 9.67. The van der Waals surface area contributed by atoms with Crippen LogP contribution in [0.3, 0.4) is 0 Å². The minimum absolute atomic E-state index is 0.120. The molecule has 0 spiro atoms. The van der Waals surface area contributed by atoms with Gasteiger partial charge in [0.2, 0.25) is 0 Å². The van der Waals surface area contributed by atoms with Crippen molar-refractivity contribution in [2.45, 2.75) is 19.4 Å². The van der Waals surface area contributed by atoms with E-state index < -0.39 is 0 Å². The lowest BCUT2D eigenvalue weighted by Crippen LogP contribution is -2.27. The largest absolute Gasteiger partial charge is 0.469 e. The van der Waals surface area contributed by atoms with E-state index in [1.165, 1.54) is 7.11 Å². The summed E-state index contributed by atoms with van der Waals surface area (Å²) in [5.41, 5.74) is 7.35. The maximum absolute atomic E-state index is 11.6. The van der Waals surface area contributed by atoms with E-state index in [0.29, 0.717) is 24.5 Å². The average Bonchev–Trinajstić information content (AvgIpc) is 2.89. The summed E-state index contributed by atoms with van der Waals surface area (Å²) in [6.07, 6.45) is 1.31. The number of hydrogen-bond acceptors (Lipinski definition) is 5. The van der Waals surface area contributed by atoms with Crippen LogP contribution in [0.1, 0.15) is 12.2 Å². The van der Waals surface area contributed by atoms with Gasteiger partial charge in [0.15, 0.2) is 5.82 Å². The fourth-order valence-electron chi connectivity index (χ4n) is 2.47. The zero-order valence-electron chi connectivity index (χ0n) is 11.2. The molecule has 1 unspecified atom stereocenters. The van der Waals surface area contributed by atoms with Crippen molar-refractivity contribution in [1.82, 2.24) is 14.8 Å². The van der Waals surface area contributed by atoms with Gasteiger partial charge < -0.3 is 10.5 Å². The predicted molar refractivity (Wildman–Crippen MR) is 73.7 cm³/mol. The van der Waals surface area contributed by atoms with E-state index in [-0.39, 0.29) is 11.9 Å². The third-order valence-corrected chi connectivity index (χ3v) is 3.55. The Hall–Kier alpha value is -2.37. The summed E-state index contributed by atoms with van der Waals surface area (Å²) in [4.78, 5) is 16.1. The highest BCUT2D eigenvalue weighted by Gasteiger charge is 2.27. The Morgan fingerprint density at radius 3 is 3.10 bits per heavy atom. The van der Waals surface area contributed by atoms with Gasteiger partial charge >= 0.3 is 5.97 Å². The van der Waals surface area contributed by atoms with Crippen molar-refractivity contribution in [3.63, 3.8) is 0 Å². The fraction of sp³-hybridized carbons (Fsp3) is 0.357. The van der Waals surface area contributed by atoms with E-state index in [2.05, 4.69) is 10.1 Å². The Bertz CT molecular complexity index is 650. The molecule has 1 atom stereocenters. The minimum atomic E-state index is -0.176. The summed E-state index contributed by atoms with van der Waals surface area (Å²) in [5, 5.41) is 4.48. The molecule has 0 aliphatic carbocycles. The lowest BCUT2D eigenvalue weighted by atomic mass is 9.98. The molecule has 1 aromatic heterocycles. The van der Waals surface area contributed by atoms with Crippen molar-refractivity contribution < 1.29 is 9.53 Å². The van der Waals surface area contributed by atoms with Gasteiger partial charge in [-0.3, -0.25) is 4.79 Å². The smallest absolute Gasteiger partial charge is 0.309 e. The quantitative estimate of drug-likeness (QED) is 0.657. The van der Waals surface area contributed by atoms with Crippen LogP contribution in [0.25, 0.3) is 11.4 Å². The Balaban J connectivity index is 1.89. The third-order valence-electron chi connectivity index (χ3n) is 3.55. The summed E-state index contributed by atoms with van der Waals surface area (Å²) in [5.74, 6) is 1.18. The summed E-state index contributed by atoms with van der Waals surface area (Å²) < 4.78 is 6.66. The van der Waals surface area contributed by atoms with E-state index in [9.17, 15) is 4.79 Å². The molecule has 2 N–H and O–H groups in total. The number of aryl methyl sites for hydroxylation is 1. The van der Waals surface area contributed by atoms with Gasteiger partial charge in [0.1, 0.15) is 5.82 Å². The second-order valence-electron chi connectivity index (χ2n) is 4.91. The molecule has 2 heterocycles. The highest BCUT2D eigenvalue weighted by atomic mass is 16.5. The van der Waals surface area contributed by atoms with E-state index in [1.807, 2.05) is 28.9 Å². The predicted octanol–water partition coefficient (Wildman–Crippen LogP) is 1.26. The normalized spacial score (nSPS) is 17.6. The number of nitrogen functional groups attached to an aromatic ring is 1. The summed E-state index contributed by atoms with van der Waals surface area (Å²) in [6, 6.07) is 7.48. The lowest BCUT2D eigenvalue weighted by Gasteiger charge is -2.19. The fourth-order valence-corrected chi connectivity index (χ4v) is 2.47. The molecule has 0 saturated carbocycles. The molecule has 0 fully saturated rings. The molecular weight excluding hydrogens is 256 g/mol. The van der Waals surface area contributed by atoms with Gasteiger partial charge in [0.25, 0.3) is 0 Å². The van der Waals surface area contributed by atoms with E-state index in [1.54, 1.807) is 0 Å². The van der Waals surface area contributed by atoms with Crippen molar-refractivity contribution in [3.05, 3.63) is 30.1 Å². The zero-order valence-corrected chi connectivity index (χ0v) is 11.2. The van der Waals surface area contributed by atoms with Gasteiger partial charge in [-0.25, -0.2) is 9.67 Å². The molecule has 1 aromatic carbocycles. The Kier molecular flexibility index (Phi) is 3.14. The first kappa shape index (κ1) is 12.7. The average molecular weight is 272 g/mol.